The summed E-state index contributed by atoms with van der Waals surface area (Å²) in [5.74, 6) is -0.0480. The van der Waals surface area contributed by atoms with E-state index in [4.69, 9.17) is 4.52 Å². The fraction of sp³-hybridized carbons (Fsp3) is 0.316. The lowest BCUT2D eigenvalue weighted by molar-refractivity contribution is 0.0737. The van der Waals surface area contributed by atoms with Crippen molar-refractivity contribution in [3.05, 3.63) is 70.9 Å². The Balaban J connectivity index is 1.71. The minimum Gasteiger partial charge on any atom is -0.364 e. The Morgan fingerprint density at radius 2 is 1.96 bits per heavy atom. The van der Waals surface area contributed by atoms with E-state index in [1.807, 2.05) is 49.7 Å². The molecule has 25 heavy (non-hydrogen) atoms. The van der Waals surface area contributed by atoms with Crippen LogP contribution in [0.2, 0.25) is 0 Å². The molecular formula is C19H22N4O2. The third-order valence-corrected chi connectivity index (χ3v) is 4.42. The molecule has 1 unspecified atom stereocenters. The van der Waals surface area contributed by atoms with Crippen LogP contribution in [0.25, 0.3) is 0 Å². The maximum Gasteiger partial charge on any atom is 0.254 e. The van der Waals surface area contributed by atoms with E-state index in [1.165, 1.54) is 6.26 Å². The molecule has 0 aliphatic carbocycles. The van der Waals surface area contributed by atoms with Crippen molar-refractivity contribution in [3.8, 4) is 0 Å². The normalized spacial score (nSPS) is 12.2. The van der Waals surface area contributed by atoms with Crippen molar-refractivity contribution in [2.24, 2.45) is 0 Å². The van der Waals surface area contributed by atoms with Gasteiger partial charge < -0.3 is 9.42 Å². The summed E-state index contributed by atoms with van der Waals surface area (Å²) >= 11 is 0. The Morgan fingerprint density at radius 3 is 2.52 bits per heavy atom. The second-order valence-electron chi connectivity index (χ2n) is 6.30. The Bertz CT molecular complexity index is 850. The van der Waals surface area contributed by atoms with Gasteiger partial charge in [-0.1, -0.05) is 17.3 Å². The van der Waals surface area contributed by atoms with Crippen molar-refractivity contribution < 1.29 is 9.32 Å². The first-order valence-electron chi connectivity index (χ1n) is 8.23. The smallest absolute Gasteiger partial charge is 0.254 e. The standard InChI is InChI=1S/C19H22N4O2/c1-13-11-14(2)23(20-13)12-16-5-7-17(8-6-16)19(24)22(4)15(3)18-9-10-25-21-18/h5-11,15H,12H2,1-4H3. The lowest BCUT2D eigenvalue weighted by atomic mass is 10.1. The van der Waals surface area contributed by atoms with Crippen LogP contribution in [0.1, 0.15) is 46.0 Å². The Morgan fingerprint density at radius 1 is 1.24 bits per heavy atom. The van der Waals surface area contributed by atoms with Gasteiger partial charge in [-0.25, -0.2) is 0 Å². The number of nitrogens with zero attached hydrogens (tertiary/aromatic N) is 4. The zero-order valence-corrected chi connectivity index (χ0v) is 14.9. The molecule has 1 amide bonds. The third-order valence-electron chi connectivity index (χ3n) is 4.42. The summed E-state index contributed by atoms with van der Waals surface area (Å²) in [5.41, 5.74) is 4.62. The zero-order valence-electron chi connectivity index (χ0n) is 14.9. The van der Waals surface area contributed by atoms with Crippen LogP contribution in [0.4, 0.5) is 0 Å². The van der Waals surface area contributed by atoms with Gasteiger partial charge in [-0.2, -0.15) is 5.10 Å². The number of benzene rings is 1. The molecule has 0 saturated heterocycles. The van der Waals surface area contributed by atoms with Crippen LogP contribution in [0.3, 0.4) is 0 Å². The molecule has 0 aliphatic heterocycles. The highest BCUT2D eigenvalue weighted by molar-refractivity contribution is 5.94. The van der Waals surface area contributed by atoms with E-state index in [-0.39, 0.29) is 11.9 Å². The number of rotatable bonds is 5. The van der Waals surface area contributed by atoms with Gasteiger partial charge in [0.05, 0.1) is 18.3 Å². The lowest BCUT2D eigenvalue weighted by Gasteiger charge is -2.23. The minimum absolute atomic E-state index is 0.0480. The molecule has 130 valence electrons. The monoisotopic (exact) mass is 338 g/mol. The fourth-order valence-corrected chi connectivity index (χ4v) is 2.78. The predicted molar refractivity (Wildman–Crippen MR) is 94.3 cm³/mol. The Kier molecular flexibility index (Phi) is 4.70. The van der Waals surface area contributed by atoms with Gasteiger partial charge in [-0.3, -0.25) is 9.48 Å². The number of aryl methyl sites for hydroxylation is 2. The van der Waals surface area contributed by atoms with Crippen molar-refractivity contribution in [1.82, 2.24) is 19.8 Å². The number of hydrogen-bond donors (Lipinski definition) is 0. The maximum absolute atomic E-state index is 12.7. The van der Waals surface area contributed by atoms with E-state index in [0.717, 1.165) is 22.6 Å². The summed E-state index contributed by atoms with van der Waals surface area (Å²) in [6.45, 7) is 6.64. The molecule has 2 heterocycles. The van der Waals surface area contributed by atoms with Crippen LogP contribution in [0, 0.1) is 13.8 Å². The average molecular weight is 338 g/mol. The molecule has 0 aliphatic rings. The van der Waals surface area contributed by atoms with Crippen LogP contribution >= 0.6 is 0 Å². The summed E-state index contributed by atoms with van der Waals surface area (Å²) < 4.78 is 6.82. The van der Waals surface area contributed by atoms with E-state index in [2.05, 4.69) is 16.3 Å². The van der Waals surface area contributed by atoms with Crippen molar-refractivity contribution in [3.63, 3.8) is 0 Å². The third kappa shape index (κ3) is 3.63. The molecule has 0 saturated carbocycles. The van der Waals surface area contributed by atoms with Crippen molar-refractivity contribution >= 4 is 5.91 Å². The number of amides is 1. The number of aromatic nitrogens is 3. The Hall–Kier alpha value is -2.89. The topological polar surface area (TPSA) is 64.2 Å². The summed E-state index contributed by atoms with van der Waals surface area (Å²) in [6, 6.07) is 11.3. The van der Waals surface area contributed by atoms with Gasteiger partial charge in [0.15, 0.2) is 0 Å². The molecule has 0 spiro atoms. The summed E-state index contributed by atoms with van der Waals surface area (Å²) in [6.07, 6.45) is 1.51. The molecular weight excluding hydrogens is 316 g/mol. The van der Waals surface area contributed by atoms with Crippen LogP contribution < -0.4 is 0 Å². The maximum atomic E-state index is 12.7. The molecule has 3 rings (SSSR count). The number of carbonyl (C=O) groups excluding carboxylic acids is 1. The molecule has 3 aromatic rings. The van der Waals surface area contributed by atoms with E-state index in [0.29, 0.717) is 12.1 Å². The quantitative estimate of drug-likeness (QED) is 0.715. The van der Waals surface area contributed by atoms with E-state index in [9.17, 15) is 4.79 Å². The van der Waals surface area contributed by atoms with Crippen LogP contribution in [0.15, 0.2) is 47.2 Å². The van der Waals surface area contributed by atoms with Crippen molar-refractivity contribution in [2.45, 2.75) is 33.4 Å². The summed E-state index contributed by atoms with van der Waals surface area (Å²) in [7, 11) is 1.77. The van der Waals surface area contributed by atoms with Gasteiger partial charge in [0.25, 0.3) is 5.91 Å². The van der Waals surface area contributed by atoms with Crippen molar-refractivity contribution in [1.29, 1.82) is 0 Å². The molecule has 0 bridgehead atoms. The Labute approximate surface area is 147 Å². The predicted octanol–water partition coefficient (Wildman–Crippen LogP) is 3.37. The number of hydrogen-bond acceptors (Lipinski definition) is 4. The van der Waals surface area contributed by atoms with Crippen LogP contribution in [0.5, 0.6) is 0 Å². The van der Waals surface area contributed by atoms with Gasteiger partial charge in [0, 0.05) is 24.4 Å². The molecule has 1 aromatic carbocycles. The molecule has 6 heteroatoms. The SMILES string of the molecule is Cc1cc(C)n(Cc2ccc(C(=O)N(C)C(C)c3ccon3)cc2)n1. The van der Waals surface area contributed by atoms with Crippen LogP contribution in [-0.2, 0) is 6.54 Å². The van der Waals surface area contributed by atoms with E-state index >= 15 is 0 Å². The highest BCUT2D eigenvalue weighted by Crippen LogP contribution is 2.19. The first-order valence-corrected chi connectivity index (χ1v) is 8.23. The first-order chi connectivity index (χ1) is 12.0. The summed E-state index contributed by atoms with van der Waals surface area (Å²) in [4.78, 5) is 14.3. The van der Waals surface area contributed by atoms with Crippen LogP contribution in [-0.4, -0.2) is 32.8 Å². The molecule has 0 radical (unpaired) electrons. The highest BCUT2D eigenvalue weighted by atomic mass is 16.5. The molecule has 0 N–H and O–H groups in total. The second-order valence-corrected chi connectivity index (χ2v) is 6.30. The molecule has 1 atom stereocenters. The molecule has 0 fully saturated rings. The number of carbonyl (C=O) groups is 1. The van der Waals surface area contributed by atoms with Gasteiger partial charge in [-0.15, -0.1) is 0 Å². The van der Waals surface area contributed by atoms with E-state index < -0.39 is 0 Å². The molecule has 2 aromatic heterocycles. The second kappa shape index (κ2) is 6.93. The highest BCUT2D eigenvalue weighted by Gasteiger charge is 2.20. The lowest BCUT2D eigenvalue weighted by Crippen LogP contribution is -2.29. The fourth-order valence-electron chi connectivity index (χ4n) is 2.78. The molecule has 6 nitrogen and oxygen atoms in total. The minimum atomic E-state index is -0.152. The average Bonchev–Trinajstić information content (AvgIpc) is 3.24. The van der Waals surface area contributed by atoms with Gasteiger partial charge in [0.2, 0.25) is 0 Å². The summed E-state index contributed by atoms with van der Waals surface area (Å²) in [5, 5.41) is 8.37. The zero-order chi connectivity index (χ0) is 18.0. The van der Waals surface area contributed by atoms with Gasteiger partial charge >= 0.3 is 0 Å². The largest absolute Gasteiger partial charge is 0.364 e. The van der Waals surface area contributed by atoms with Crippen molar-refractivity contribution in [2.75, 3.05) is 7.05 Å². The first kappa shape index (κ1) is 17.0. The van der Waals surface area contributed by atoms with Gasteiger partial charge in [-0.05, 0) is 44.5 Å². The van der Waals surface area contributed by atoms with Gasteiger partial charge in [0.1, 0.15) is 12.0 Å². The van der Waals surface area contributed by atoms with E-state index in [1.54, 1.807) is 18.0 Å².